The average Bonchev–Trinajstić information content (AvgIpc) is 3.07. The first-order valence-electron chi connectivity index (χ1n) is 7.28. The van der Waals surface area contributed by atoms with Gasteiger partial charge in [-0.2, -0.15) is 4.98 Å². The van der Waals surface area contributed by atoms with Crippen LogP contribution in [0.1, 0.15) is 25.6 Å². The molecule has 0 atom stereocenters. The fraction of sp³-hybridized carbons (Fsp3) is 0.312. The van der Waals surface area contributed by atoms with E-state index in [0.717, 1.165) is 11.3 Å². The minimum atomic E-state index is -0.341. The highest BCUT2D eigenvalue weighted by Gasteiger charge is 2.14. The molecule has 3 aromatic rings. The van der Waals surface area contributed by atoms with E-state index in [2.05, 4.69) is 24.0 Å². The van der Waals surface area contributed by atoms with Crippen molar-refractivity contribution >= 4 is 11.3 Å². The molecule has 120 valence electrons. The van der Waals surface area contributed by atoms with E-state index in [0.29, 0.717) is 35.3 Å². The molecule has 0 aliphatic rings. The lowest BCUT2D eigenvalue weighted by Crippen LogP contribution is -2.16. The SMILES string of the molecule is CC(C)Cc1nc(Cn2c(-c3cccc(F)c3)csc2=O)no1. The second-order valence-corrected chi connectivity index (χ2v) is 6.51. The van der Waals surface area contributed by atoms with Gasteiger partial charge in [0, 0.05) is 17.4 Å². The van der Waals surface area contributed by atoms with Crippen molar-refractivity contribution in [3.63, 3.8) is 0 Å². The number of rotatable bonds is 5. The van der Waals surface area contributed by atoms with Crippen molar-refractivity contribution in [3.05, 3.63) is 56.8 Å². The van der Waals surface area contributed by atoms with Crippen molar-refractivity contribution in [2.24, 2.45) is 5.92 Å². The van der Waals surface area contributed by atoms with Crippen LogP contribution in [0.3, 0.4) is 0 Å². The number of hydrogen-bond acceptors (Lipinski definition) is 5. The van der Waals surface area contributed by atoms with E-state index in [1.807, 2.05) is 0 Å². The molecule has 0 saturated carbocycles. The largest absolute Gasteiger partial charge is 0.339 e. The Morgan fingerprint density at radius 2 is 2.22 bits per heavy atom. The van der Waals surface area contributed by atoms with E-state index in [1.54, 1.807) is 17.5 Å². The van der Waals surface area contributed by atoms with Crippen molar-refractivity contribution in [2.75, 3.05) is 0 Å². The molecule has 0 fully saturated rings. The molecule has 5 nitrogen and oxygen atoms in total. The molecule has 0 spiro atoms. The molecule has 0 unspecified atom stereocenters. The Balaban J connectivity index is 1.90. The molecule has 2 heterocycles. The van der Waals surface area contributed by atoms with Gasteiger partial charge in [0.1, 0.15) is 5.82 Å². The molecule has 3 rings (SSSR count). The molecule has 0 aliphatic carbocycles. The molecule has 23 heavy (non-hydrogen) atoms. The molecule has 0 amide bonds. The maximum absolute atomic E-state index is 13.4. The molecular formula is C16H16FN3O2S. The van der Waals surface area contributed by atoms with Gasteiger partial charge >= 0.3 is 4.87 Å². The first-order valence-corrected chi connectivity index (χ1v) is 8.16. The van der Waals surface area contributed by atoms with Crippen LogP contribution in [-0.2, 0) is 13.0 Å². The number of halogens is 1. The summed E-state index contributed by atoms with van der Waals surface area (Å²) in [4.78, 5) is 16.3. The van der Waals surface area contributed by atoms with Crippen LogP contribution >= 0.6 is 11.3 Å². The van der Waals surface area contributed by atoms with Crippen LogP contribution in [0.4, 0.5) is 4.39 Å². The van der Waals surface area contributed by atoms with Gasteiger partial charge in [0.25, 0.3) is 0 Å². The van der Waals surface area contributed by atoms with Gasteiger partial charge < -0.3 is 4.52 Å². The molecule has 0 N–H and O–H groups in total. The first kappa shape index (κ1) is 15.6. The molecular weight excluding hydrogens is 317 g/mol. The monoisotopic (exact) mass is 333 g/mol. The summed E-state index contributed by atoms with van der Waals surface area (Å²) in [6.45, 7) is 4.33. The predicted molar refractivity (Wildman–Crippen MR) is 85.9 cm³/mol. The summed E-state index contributed by atoms with van der Waals surface area (Å²) in [7, 11) is 0. The summed E-state index contributed by atoms with van der Waals surface area (Å²) in [6.07, 6.45) is 0.697. The van der Waals surface area contributed by atoms with Gasteiger partial charge in [-0.1, -0.05) is 42.5 Å². The fourth-order valence-electron chi connectivity index (χ4n) is 2.28. The Morgan fingerprint density at radius 1 is 1.39 bits per heavy atom. The van der Waals surface area contributed by atoms with Gasteiger partial charge in [-0.05, 0) is 18.1 Å². The van der Waals surface area contributed by atoms with Crippen LogP contribution in [-0.4, -0.2) is 14.7 Å². The van der Waals surface area contributed by atoms with Crippen LogP contribution in [0.15, 0.2) is 39.0 Å². The third-order valence-corrected chi connectivity index (χ3v) is 4.06. The maximum atomic E-state index is 13.4. The average molecular weight is 333 g/mol. The second kappa shape index (κ2) is 6.45. The Bertz CT molecular complexity index is 866. The number of benzene rings is 1. The van der Waals surface area contributed by atoms with Crippen molar-refractivity contribution in [1.29, 1.82) is 0 Å². The zero-order valence-corrected chi connectivity index (χ0v) is 13.6. The molecule has 0 radical (unpaired) electrons. The summed E-state index contributed by atoms with van der Waals surface area (Å²) < 4.78 is 20.1. The van der Waals surface area contributed by atoms with Gasteiger partial charge in [-0.15, -0.1) is 0 Å². The lowest BCUT2D eigenvalue weighted by molar-refractivity contribution is 0.358. The third-order valence-electron chi connectivity index (χ3n) is 3.30. The van der Waals surface area contributed by atoms with Crippen molar-refractivity contribution in [3.8, 4) is 11.3 Å². The predicted octanol–water partition coefficient (Wildman–Crippen LogP) is 3.35. The van der Waals surface area contributed by atoms with Crippen molar-refractivity contribution in [2.45, 2.75) is 26.8 Å². The van der Waals surface area contributed by atoms with Gasteiger partial charge in [-0.25, -0.2) is 4.39 Å². The summed E-state index contributed by atoms with van der Waals surface area (Å²) in [5.74, 6) is 1.07. The zero-order valence-electron chi connectivity index (χ0n) is 12.8. The zero-order chi connectivity index (χ0) is 16.4. The molecule has 0 aliphatic heterocycles. The highest BCUT2D eigenvalue weighted by atomic mass is 32.1. The summed E-state index contributed by atoms with van der Waals surface area (Å²) in [6, 6.07) is 6.15. The number of hydrogen-bond donors (Lipinski definition) is 0. The minimum absolute atomic E-state index is 0.139. The van der Waals surface area contributed by atoms with E-state index in [1.165, 1.54) is 16.7 Å². The summed E-state index contributed by atoms with van der Waals surface area (Å²) in [5, 5.41) is 5.64. The van der Waals surface area contributed by atoms with Crippen LogP contribution in [0.25, 0.3) is 11.3 Å². The summed E-state index contributed by atoms with van der Waals surface area (Å²) >= 11 is 1.07. The van der Waals surface area contributed by atoms with E-state index in [-0.39, 0.29) is 17.2 Å². The molecule has 1 aromatic carbocycles. The van der Waals surface area contributed by atoms with Crippen LogP contribution in [0, 0.1) is 11.7 Å². The van der Waals surface area contributed by atoms with E-state index < -0.39 is 0 Å². The minimum Gasteiger partial charge on any atom is -0.339 e. The molecule has 7 heteroatoms. The quantitative estimate of drug-likeness (QED) is 0.718. The fourth-order valence-corrected chi connectivity index (χ4v) is 3.05. The number of nitrogens with zero attached hydrogens (tertiary/aromatic N) is 3. The summed E-state index contributed by atoms with van der Waals surface area (Å²) in [5.41, 5.74) is 1.30. The van der Waals surface area contributed by atoms with E-state index in [4.69, 9.17) is 4.52 Å². The topological polar surface area (TPSA) is 60.9 Å². The second-order valence-electron chi connectivity index (χ2n) is 5.69. The maximum Gasteiger partial charge on any atom is 0.307 e. The standard InChI is InChI=1S/C16H16FN3O2S/c1-10(2)6-15-18-14(19-22-15)8-20-13(9-23-16(20)21)11-4-3-5-12(17)7-11/h3-5,7,9-10H,6,8H2,1-2H3. The van der Waals surface area contributed by atoms with Crippen molar-refractivity contribution in [1.82, 2.24) is 14.7 Å². The van der Waals surface area contributed by atoms with Gasteiger partial charge in [0.2, 0.25) is 5.89 Å². The molecule has 0 bridgehead atoms. The Labute approximate surface area is 136 Å². The van der Waals surface area contributed by atoms with Crippen LogP contribution in [0.2, 0.25) is 0 Å². The lowest BCUT2D eigenvalue weighted by atomic mass is 10.1. The highest BCUT2D eigenvalue weighted by molar-refractivity contribution is 7.07. The number of thiazole rings is 1. The molecule has 2 aromatic heterocycles. The number of aromatic nitrogens is 3. The van der Waals surface area contributed by atoms with Gasteiger partial charge in [-0.3, -0.25) is 9.36 Å². The highest BCUT2D eigenvalue weighted by Crippen LogP contribution is 2.21. The van der Waals surface area contributed by atoms with Crippen molar-refractivity contribution < 1.29 is 8.91 Å². The Morgan fingerprint density at radius 3 is 2.96 bits per heavy atom. The molecule has 0 saturated heterocycles. The lowest BCUT2D eigenvalue weighted by Gasteiger charge is -2.05. The van der Waals surface area contributed by atoms with E-state index >= 15 is 0 Å². The van der Waals surface area contributed by atoms with E-state index in [9.17, 15) is 9.18 Å². The third kappa shape index (κ3) is 3.56. The Hall–Kier alpha value is -2.28. The normalized spacial score (nSPS) is 11.3. The smallest absolute Gasteiger partial charge is 0.307 e. The Kier molecular flexibility index (Phi) is 4.38. The van der Waals surface area contributed by atoms with Crippen LogP contribution in [0.5, 0.6) is 0 Å². The van der Waals surface area contributed by atoms with Gasteiger partial charge in [0.05, 0.1) is 12.2 Å². The van der Waals surface area contributed by atoms with Gasteiger partial charge in [0.15, 0.2) is 5.82 Å². The first-order chi connectivity index (χ1) is 11.0. The van der Waals surface area contributed by atoms with Crippen LogP contribution < -0.4 is 4.87 Å².